The van der Waals surface area contributed by atoms with Crippen LogP contribution in [0.15, 0.2) is 23.3 Å². The third-order valence-electron chi connectivity index (χ3n) is 6.46. The Morgan fingerprint density at radius 3 is 2.55 bits per heavy atom. The van der Waals surface area contributed by atoms with Crippen LogP contribution in [0.2, 0.25) is 0 Å². The van der Waals surface area contributed by atoms with Crippen LogP contribution in [-0.4, -0.2) is 61.7 Å². The number of pyridine rings is 1. The molecular weight excluding hydrogens is 360 g/mol. The van der Waals surface area contributed by atoms with E-state index >= 15 is 0 Å². The Balaban J connectivity index is 1.56. The van der Waals surface area contributed by atoms with Gasteiger partial charge in [0.2, 0.25) is 0 Å². The summed E-state index contributed by atoms with van der Waals surface area (Å²) in [5.74, 6) is 3.71. The lowest BCUT2D eigenvalue weighted by Gasteiger charge is -2.33. The summed E-state index contributed by atoms with van der Waals surface area (Å²) in [6.45, 7) is 12.7. The van der Waals surface area contributed by atoms with Gasteiger partial charge < -0.3 is 20.4 Å². The van der Waals surface area contributed by atoms with Crippen LogP contribution < -0.4 is 15.5 Å². The maximum atomic E-state index is 4.87. The lowest BCUT2D eigenvalue weighted by Crippen LogP contribution is -2.45. The molecule has 0 atom stereocenters. The van der Waals surface area contributed by atoms with E-state index in [0.717, 1.165) is 56.3 Å². The Kier molecular flexibility index (Phi) is 8.16. The molecule has 0 unspecified atom stereocenters. The second-order valence-electron chi connectivity index (χ2n) is 9.01. The van der Waals surface area contributed by atoms with Gasteiger partial charge >= 0.3 is 0 Å². The molecule has 2 aliphatic rings. The van der Waals surface area contributed by atoms with E-state index in [9.17, 15) is 0 Å². The van der Waals surface area contributed by atoms with Crippen molar-refractivity contribution in [1.82, 2.24) is 20.5 Å². The van der Waals surface area contributed by atoms with E-state index in [0.29, 0.717) is 12.6 Å². The molecule has 1 saturated carbocycles. The standard InChI is InChI=1S/C23H40N6/c1-5-24-23(27-21-8-6-20(7-9-21)18(2)3)26-17-19-10-11-25-22(16-19)29-14-12-28(4)13-15-29/h10-11,16,18,20-21H,5-9,12-15,17H2,1-4H3,(H2,24,26,27). The van der Waals surface area contributed by atoms with Gasteiger partial charge in [-0.25, -0.2) is 9.98 Å². The summed E-state index contributed by atoms with van der Waals surface area (Å²) in [5.41, 5.74) is 1.22. The summed E-state index contributed by atoms with van der Waals surface area (Å²) < 4.78 is 0. The molecule has 1 aliphatic heterocycles. The number of hydrogen-bond acceptors (Lipinski definition) is 4. The lowest BCUT2D eigenvalue weighted by atomic mass is 9.80. The van der Waals surface area contributed by atoms with Gasteiger partial charge in [-0.05, 0) is 69.2 Å². The summed E-state index contributed by atoms with van der Waals surface area (Å²) in [6, 6.07) is 4.83. The third-order valence-corrected chi connectivity index (χ3v) is 6.46. The van der Waals surface area contributed by atoms with Crippen LogP contribution >= 0.6 is 0 Å². The zero-order valence-corrected chi connectivity index (χ0v) is 18.8. The average Bonchev–Trinajstić information content (AvgIpc) is 2.73. The molecule has 6 nitrogen and oxygen atoms in total. The van der Waals surface area contributed by atoms with Gasteiger partial charge in [-0.2, -0.15) is 0 Å². The minimum absolute atomic E-state index is 0.543. The number of anilines is 1. The van der Waals surface area contributed by atoms with E-state index in [1.165, 1.54) is 31.2 Å². The minimum Gasteiger partial charge on any atom is -0.357 e. The van der Waals surface area contributed by atoms with Crippen LogP contribution in [0.5, 0.6) is 0 Å². The van der Waals surface area contributed by atoms with Crippen molar-refractivity contribution in [2.45, 2.75) is 59.0 Å². The number of likely N-dealkylation sites (N-methyl/N-ethyl adjacent to an activating group) is 1. The lowest BCUT2D eigenvalue weighted by molar-refractivity contribution is 0.250. The SMILES string of the molecule is CCNC(=NCc1ccnc(N2CCN(C)CC2)c1)NC1CCC(C(C)C)CC1. The molecule has 0 bridgehead atoms. The van der Waals surface area contributed by atoms with Crippen molar-refractivity contribution in [3.8, 4) is 0 Å². The van der Waals surface area contributed by atoms with Gasteiger partial charge in [0.1, 0.15) is 5.82 Å². The van der Waals surface area contributed by atoms with Crippen LogP contribution in [-0.2, 0) is 6.54 Å². The summed E-state index contributed by atoms with van der Waals surface area (Å²) in [7, 11) is 2.18. The number of hydrogen-bond donors (Lipinski definition) is 2. The zero-order valence-electron chi connectivity index (χ0n) is 18.8. The van der Waals surface area contributed by atoms with Crippen molar-refractivity contribution in [2.24, 2.45) is 16.8 Å². The molecule has 6 heteroatoms. The van der Waals surface area contributed by atoms with Crippen molar-refractivity contribution in [2.75, 3.05) is 44.7 Å². The van der Waals surface area contributed by atoms with Crippen LogP contribution in [0.25, 0.3) is 0 Å². The number of rotatable bonds is 6. The third kappa shape index (κ3) is 6.59. The topological polar surface area (TPSA) is 55.8 Å². The van der Waals surface area contributed by atoms with E-state index in [1.54, 1.807) is 0 Å². The van der Waals surface area contributed by atoms with Gasteiger partial charge in [0.15, 0.2) is 5.96 Å². The highest BCUT2D eigenvalue weighted by Gasteiger charge is 2.23. The molecule has 0 amide bonds. The normalized spacial score (nSPS) is 24.0. The minimum atomic E-state index is 0.543. The second kappa shape index (κ2) is 10.8. The fourth-order valence-electron chi connectivity index (χ4n) is 4.38. The average molecular weight is 401 g/mol. The van der Waals surface area contributed by atoms with Crippen molar-refractivity contribution >= 4 is 11.8 Å². The van der Waals surface area contributed by atoms with Crippen LogP contribution in [0.4, 0.5) is 5.82 Å². The van der Waals surface area contributed by atoms with E-state index in [1.807, 2.05) is 6.20 Å². The molecular formula is C23H40N6. The molecule has 0 spiro atoms. The van der Waals surface area contributed by atoms with E-state index in [2.05, 4.69) is 65.4 Å². The van der Waals surface area contributed by atoms with Crippen LogP contribution in [0, 0.1) is 11.8 Å². The van der Waals surface area contributed by atoms with Gasteiger partial charge in [0.25, 0.3) is 0 Å². The number of nitrogens with zero attached hydrogens (tertiary/aromatic N) is 4. The quantitative estimate of drug-likeness (QED) is 0.568. The predicted molar refractivity (Wildman–Crippen MR) is 122 cm³/mol. The molecule has 162 valence electrons. The van der Waals surface area contributed by atoms with Gasteiger partial charge in [-0.3, -0.25) is 0 Å². The van der Waals surface area contributed by atoms with Gasteiger partial charge in [-0.1, -0.05) is 13.8 Å². The van der Waals surface area contributed by atoms with Crippen molar-refractivity contribution < 1.29 is 0 Å². The molecule has 1 aliphatic carbocycles. The Hall–Kier alpha value is -1.82. The fourth-order valence-corrected chi connectivity index (χ4v) is 4.38. The summed E-state index contributed by atoms with van der Waals surface area (Å²) in [6.07, 6.45) is 7.07. The summed E-state index contributed by atoms with van der Waals surface area (Å²) in [4.78, 5) is 14.2. The van der Waals surface area contributed by atoms with Crippen LogP contribution in [0.1, 0.15) is 52.0 Å². The van der Waals surface area contributed by atoms with Crippen molar-refractivity contribution in [3.05, 3.63) is 23.9 Å². The first-order chi connectivity index (χ1) is 14.0. The highest BCUT2D eigenvalue weighted by Crippen LogP contribution is 2.29. The maximum Gasteiger partial charge on any atom is 0.191 e. The molecule has 2 fully saturated rings. The van der Waals surface area contributed by atoms with E-state index in [-0.39, 0.29) is 0 Å². The first-order valence-corrected chi connectivity index (χ1v) is 11.5. The smallest absolute Gasteiger partial charge is 0.191 e. The molecule has 29 heavy (non-hydrogen) atoms. The summed E-state index contributed by atoms with van der Waals surface area (Å²) in [5, 5.41) is 7.10. The molecule has 1 aromatic heterocycles. The van der Waals surface area contributed by atoms with Gasteiger partial charge in [-0.15, -0.1) is 0 Å². The number of guanidine groups is 1. The molecule has 0 radical (unpaired) electrons. The number of nitrogens with one attached hydrogen (secondary N) is 2. The van der Waals surface area contributed by atoms with E-state index < -0.39 is 0 Å². The van der Waals surface area contributed by atoms with Crippen molar-refractivity contribution in [1.29, 1.82) is 0 Å². The summed E-state index contributed by atoms with van der Waals surface area (Å²) >= 11 is 0. The maximum absolute atomic E-state index is 4.87. The Bertz CT molecular complexity index is 643. The second-order valence-corrected chi connectivity index (χ2v) is 9.01. The van der Waals surface area contributed by atoms with Crippen molar-refractivity contribution in [3.63, 3.8) is 0 Å². The first-order valence-electron chi connectivity index (χ1n) is 11.5. The molecule has 2 N–H and O–H groups in total. The van der Waals surface area contributed by atoms with Crippen LogP contribution in [0.3, 0.4) is 0 Å². The Labute approximate surface area is 177 Å². The molecule has 1 aromatic rings. The molecule has 3 rings (SSSR count). The fraction of sp³-hybridized carbons (Fsp3) is 0.739. The van der Waals surface area contributed by atoms with Gasteiger partial charge in [0, 0.05) is 45.0 Å². The molecule has 2 heterocycles. The largest absolute Gasteiger partial charge is 0.357 e. The molecule has 0 aromatic carbocycles. The highest BCUT2D eigenvalue weighted by molar-refractivity contribution is 5.80. The highest BCUT2D eigenvalue weighted by atomic mass is 15.3. The number of aromatic nitrogens is 1. The number of piperazine rings is 1. The monoisotopic (exact) mass is 400 g/mol. The Morgan fingerprint density at radius 1 is 1.17 bits per heavy atom. The zero-order chi connectivity index (χ0) is 20.6. The van der Waals surface area contributed by atoms with E-state index in [4.69, 9.17) is 4.99 Å². The Morgan fingerprint density at radius 2 is 1.90 bits per heavy atom. The first kappa shape index (κ1) is 21.9. The molecule has 1 saturated heterocycles. The predicted octanol–water partition coefficient (Wildman–Crippen LogP) is 3.10. The van der Waals surface area contributed by atoms with Gasteiger partial charge in [0.05, 0.1) is 6.54 Å². The number of aliphatic imine (C=N–C) groups is 1.